The topological polar surface area (TPSA) is 74.6 Å². The van der Waals surface area contributed by atoms with Crippen molar-refractivity contribution in [1.29, 1.82) is 0 Å². The van der Waals surface area contributed by atoms with Crippen LogP contribution in [-0.4, -0.2) is 22.1 Å². The van der Waals surface area contributed by atoms with Gasteiger partial charge < -0.3 is 5.11 Å². The van der Waals surface area contributed by atoms with Crippen LogP contribution in [0.4, 0.5) is 5.82 Å². The predicted molar refractivity (Wildman–Crippen MR) is 91.5 cm³/mol. The number of fused-ring (bicyclic) bond motifs is 1. The first kappa shape index (κ1) is 15.2. The Bertz CT molecular complexity index is 822. The van der Waals surface area contributed by atoms with Gasteiger partial charge in [-0.15, -0.1) is 0 Å². The highest BCUT2D eigenvalue weighted by Gasteiger charge is 2.32. The average molecular weight is 309 g/mol. The van der Waals surface area contributed by atoms with E-state index in [1.165, 1.54) is 6.21 Å². The fourth-order valence-corrected chi connectivity index (χ4v) is 2.74. The largest absolute Gasteiger partial charge is 0.511 e. The summed E-state index contributed by atoms with van der Waals surface area (Å²) in [5, 5.41) is 15.1. The molecule has 5 heteroatoms. The van der Waals surface area contributed by atoms with E-state index in [9.17, 15) is 9.90 Å². The molecule has 0 radical (unpaired) electrons. The van der Waals surface area contributed by atoms with E-state index < -0.39 is 0 Å². The Morgan fingerprint density at radius 1 is 1.22 bits per heavy atom. The van der Waals surface area contributed by atoms with Gasteiger partial charge in [0.2, 0.25) is 0 Å². The predicted octanol–water partition coefficient (Wildman–Crippen LogP) is 3.83. The lowest BCUT2D eigenvalue weighted by atomic mass is 9.77. The molecule has 0 amide bonds. The monoisotopic (exact) mass is 309 g/mol. The minimum Gasteiger partial charge on any atom is -0.511 e. The number of carbonyl (C=O) groups excluding carboxylic acids is 1. The number of rotatable bonds is 3. The Morgan fingerprint density at radius 2 is 2.00 bits per heavy atom. The third-order valence-corrected chi connectivity index (χ3v) is 3.87. The van der Waals surface area contributed by atoms with Crippen LogP contribution >= 0.6 is 0 Å². The lowest BCUT2D eigenvalue weighted by molar-refractivity contribution is -0.117. The number of aliphatic hydroxyl groups excluding tert-OH is 1. The zero-order valence-corrected chi connectivity index (χ0v) is 13.2. The van der Waals surface area contributed by atoms with Gasteiger partial charge in [-0.2, -0.15) is 5.10 Å². The summed E-state index contributed by atoms with van der Waals surface area (Å²) in [5.74, 6) is 0.600. The van der Waals surface area contributed by atoms with Gasteiger partial charge in [-0.25, -0.2) is 4.98 Å². The van der Waals surface area contributed by atoms with Crippen LogP contribution < -0.4 is 5.43 Å². The number of carbonyl (C=O) groups is 1. The highest BCUT2D eigenvalue weighted by molar-refractivity contribution is 6.14. The molecule has 0 saturated carbocycles. The molecule has 1 aromatic heterocycles. The maximum atomic E-state index is 12.1. The number of allylic oxidation sites excluding steroid dienone is 2. The first-order valence-electron chi connectivity index (χ1n) is 7.55. The summed E-state index contributed by atoms with van der Waals surface area (Å²) in [7, 11) is 0. The van der Waals surface area contributed by atoms with Gasteiger partial charge in [-0.05, 0) is 23.6 Å². The van der Waals surface area contributed by atoms with Crippen LogP contribution in [0.2, 0.25) is 0 Å². The Hall–Kier alpha value is -2.69. The molecule has 2 N–H and O–H groups in total. The number of pyridine rings is 1. The Kier molecular flexibility index (Phi) is 3.86. The minimum absolute atomic E-state index is 0.0872. The molecular formula is C18H19N3O2. The summed E-state index contributed by atoms with van der Waals surface area (Å²) in [6, 6.07) is 11.6. The van der Waals surface area contributed by atoms with Gasteiger partial charge in [0.25, 0.3) is 0 Å². The van der Waals surface area contributed by atoms with Crippen molar-refractivity contribution in [2.75, 3.05) is 5.43 Å². The average Bonchev–Trinajstić information content (AvgIpc) is 2.49. The number of hydrogen-bond acceptors (Lipinski definition) is 5. The number of hydrazone groups is 1. The van der Waals surface area contributed by atoms with Crippen molar-refractivity contribution in [1.82, 2.24) is 4.98 Å². The van der Waals surface area contributed by atoms with Gasteiger partial charge in [-0.3, -0.25) is 10.2 Å². The Balaban J connectivity index is 1.76. The molecule has 3 rings (SSSR count). The van der Waals surface area contributed by atoms with E-state index in [4.69, 9.17) is 0 Å². The molecule has 118 valence electrons. The molecule has 2 aromatic rings. The number of ketones is 1. The normalized spacial score (nSPS) is 17.9. The molecule has 0 atom stereocenters. The third kappa shape index (κ3) is 3.39. The van der Waals surface area contributed by atoms with Crippen LogP contribution in [0.25, 0.3) is 10.9 Å². The molecule has 0 unspecified atom stereocenters. The van der Waals surface area contributed by atoms with Crippen molar-refractivity contribution < 1.29 is 9.90 Å². The molecule has 1 aliphatic rings. The van der Waals surface area contributed by atoms with E-state index in [-0.39, 0.29) is 22.5 Å². The summed E-state index contributed by atoms with van der Waals surface area (Å²) in [4.78, 5) is 16.5. The van der Waals surface area contributed by atoms with Crippen LogP contribution in [0.5, 0.6) is 0 Å². The number of aromatic nitrogens is 1. The molecular weight excluding hydrogens is 290 g/mol. The first-order valence-corrected chi connectivity index (χ1v) is 7.55. The molecule has 1 heterocycles. The second kappa shape index (κ2) is 5.83. The van der Waals surface area contributed by atoms with E-state index in [0.29, 0.717) is 18.7 Å². The van der Waals surface area contributed by atoms with Crippen molar-refractivity contribution in [3.05, 3.63) is 47.7 Å². The van der Waals surface area contributed by atoms with Crippen LogP contribution in [0.3, 0.4) is 0 Å². The lowest BCUT2D eigenvalue weighted by Gasteiger charge is -2.28. The number of hydrogen-bond donors (Lipinski definition) is 2. The molecule has 0 fully saturated rings. The minimum atomic E-state index is -0.203. The summed E-state index contributed by atoms with van der Waals surface area (Å²) in [5.41, 5.74) is 3.75. The molecule has 0 bridgehead atoms. The van der Waals surface area contributed by atoms with Crippen molar-refractivity contribution in [2.24, 2.45) is 10.5 Å². The Labute approximate surface area is 134 Å². The lowest BCUT2D eigenvalue weighted by Crippen LogP contribution is -2.26. The summed E-state index contributed by atoms with van der Waals surface area (Å²) >= 11 is 0. The molecule has 23 heavy (non-hydrogen) atoms. The quantitative estimate of drug-likeness (QED) is 0.667. The summed E-state index contributed by atoms with van der Waals surface area (Å²) in [6.07, 6.45) is 2.27. The highest BCUT2D eigenvalue weighted by Crippen LogP contribution is 2.35. The zero-order valence-electron chi connectivity index (χ0n) is 13.2. The number of anilines is 1. The van der Waals surface area contributed by atoms with Crippen LogP contribution in [0.1, 0.15) is 26.7 Å². The maximum Gasteiger partial charge on any atom is 0.168 e. The van der Waals surface area contributed by atoms with Crippen LogP contribution in [0.15, 0.2) is 52.8 Å². The maximum absolute atomic E-state index is 12.1. The van der Waals surface area contributed by atoms with Gasteiger partial charge in [0.05, 0.1) is 17.3 Å². The van der Waals surface area contributed by atoms with E-state index in [0.717, 1.165) is 10.9 Å². The number of para-hydroxylation sites is 1. The van der Waals surface area contributed by atoms with Gasteiger partial charge in [0.15, 0.2) is 5.78 Å². The van der Waals surface area contributed by atoms with Crippen molar-refractivity contribution in [2.45, 2.75) is 26.7 Å². The Morgan fingerprint density at radius 3 is 2.78 bits per heavy atom. The van der Waals surface area contributed by atoms with Crippen molar-refractivity contribution in [3.8, 4) is 0 Å². The first-order chi connectivity index (χ1) is 10.9. The fourth-order valence-electron chi connectivity index (χ4n) is 2.74. The summed E-state index contributed by atoms with van der Waals surface area (Å²) in [6.45, 7) is 3.93. The van der Waals surface area contributed by atoms with E-state index in [1.807, 2.05) is 50.2 Å². The molecule has 0 saturated heterocycles. The van der Waals surface area contributed by atoms with Gasteiger partial charge >= 0.3 is 0 Å². The number of Topliss-reactive ketones (excluding diaryl/α,β-unsaturated/α-hetero) is 1. The number of benzene rings is 1. The van der Waals surface area contributed by atoms with Crippen LogP contribution in [-0.2, 0) is 4.79 Å². The van der Waals surface area contributed by atoms with Gasteiger partial charge in [0, 0.05) is 18.2 Å². The van der Waals surface area contributed by atoms with Crippen molar-refractivity contribution >= 4 is 28.7 Å². The fraction of sp³-hybridized carbons (Fsp3) is 0.278. The highest BCUT2D eigenvalue weighted by atomic mass is 16.3. The smallest absolute Gasteiger partial charge is 0.168 e. The number of nitrogens with zero attached hydrogens (tertiary/aromatic N) is 2. The molecule has 0 aliphatic heterocycles. The number of nitrogens with one attached hydrogen (secondary N) is 1. The second-order valence-electron chi connectivity index (χ2n) is 6.56. The summed E-state index contributed by atoms with van der Waals surface area (Å²) < 4.78 is 0. The second-order valence-corrected chi connectivity index (χ2v) is 6.56. The number of aliphatic hydroxyl groups is 1. The van der Waals surface area contributed by atoms with Gasteiger partial charge in [-0.1, -0.05) is 32.0 Å². The van der Waals surface area contributed by atoms with E-state index in [2.05, 4.69) is 15.5 Å². The molecule has 5 nitrogen and oxygen atoms in total. The molecule has 0 spiro atoms. The van der Waals surface area contributed by atoms with Crippen molar-refractivity contribution in [3.63, 3.8) is 0 Å². The van der Waals surface area contributed by atoms with E-state index in [1.54, 1.807) is 0 Å². The van der Waals surface area contributed by atoms with Crippen LogP contribution in [0, 0.1) is 5.41 Å². The van der Waals surface area contributed by atoms with E-state index >= 15 is 0 Å². The third-order valence-electron chi connectivity index (χ3n) is 3.87. The van der Waals surface area contributed by atoms with Gasteiger partial charge in [0.1, 0.15) is 11.6 Å². The molecule has 1 aromatic carbocycles. The zero-order chi connectivity index (χ0) is 16.4. The standard InChI is InChI=1S/C18H19N3O2/c1-18(2)9-15(22)13(16(23)10-18)11-19-21-17-8-7-12-5-3-4-6-14(12)20-17/h3-8,11,22H,9-10H2,1-2H3,(H,20,21). The SMILES string of the molecule is CC1(C)CC(=O)C(C=NNc2ccc3ccccc3n2)=C(O)C1. The molecule has 1 aliphatic carbocycles.